The molecule has 0 saturated carbocycles. The summed E-state index contributed by atoms with van der Waals surface area (Å²) in [6.07, 6.45) is -0.180. The molecule has 23 heavy (non-hydrogen) atoms. The van der Waals surface area contributed by atoms with Gasteiger partial charge in [0, 0.05) is 11.6 Å². The Labute approximate surface area is 145 Å². The van der Waals surface area contributed by atoms with Gasteiger partial charge in [-0.25, -0.2) is 0 Å². The number of benzene rings is 2. The Bertz CT molecular complexity index is 650. The van der Waals surface area contributed by atoms with Crippen LogP contribution in [0.1, 0.15) is 18.1 Å². The zero-order valence-electron chi connectivity index (χ0n) is 12.3. The van der Waals surface area contributed by atoms with Crippen LogP contribution >= 0.6 is 23.2 Å². The molecule has 1 unspecified atom stereocenters. The fraction of sp³-hybridized carbons (Fsp3) is 0.235. The smallest absolute Gasteiger partial charge is 0.257 e. The summed E-state index contributed by atoms with van der Waals surface area (Å²) in [5.41, 5.74) is 0.825. The number of carbonyl (C=O) groups excluding carboxylic acids is 1. The number of carbonyl (C=O) groups is 1. The highest BCUT2D eigenvalue weighted by atomic mass is 35.5. The minimum atomic E-state index is -0.608. The van der Waals surface area contributed by atoms with Crippen molar-refractivity contribution in [2.24, 2.45) is 0 Å². The average Bonchev–Trinajstić information content (AvgIpc) is 2.54. The second kappa shape index (κ2) is 8.77. The molecule has 0 aliphatic rings. The molecule has 1 amide bonds. The van der Waals surface area contributed by atoms with E-state index in [0.29, 0.717) is 28.8 Å². The fourth-order valence-corrected chi connectivity index (χ4v) is 2.44. The molecule has 0 radical (unpaired) electrons. The Morgan fingerprint density at radius 2 is 1.91 bits per heavy atom. The van der Waals surface area contributed by atoms with Crippen LogP contribution in [0.25, 0.3) is 0 Å². The molecule has 2 rings (SSSR count). The SMILES string of the molecule is O=C(COc1ccc(Cl)cc1Cl)NCCC(O)c1ccccc1. The number of amides is 1. The van der Waals surface area contributed by atoms with E-state index in [2.05, 4.69) is 5.32 Å². The number of halogens is 2. The number of nitrogens with one attached hydrogen (secondary N) is 1. The van der Waals surface area contributed by atoms with Gasteiger partial charge in [-0.3, -0.25) is 4.79 Å². The van der Waals surface area contributed by atoms with Gasteiger partial charge in [0.05, 0.1) is 11.1 Å². The molecule has 0 aliphatic heterocycles. The lowest BCUT2D eigenvalue weighted by Gasteiger charge is -2.12. The van der Waals surface area contributed by atoms with E-state index in [0.717, 1.165) is 5.56 Å². The Kier molecular flexibility index (Phi) is 6.71. The van der Waals surface area contributed by atoms with Crippen molar-refractivity contribution in [3.63, 3.8) is 0 Å². The summed E-state index contributed by atoms with van der Waals surface area (Å²) >= 11 is 11.7. The van der Waals surface area contributed by atoms with Gasteiger partial charge in [-0.2, -0.15) is 0 Å². The van der Waals surface area contributed by atoms with Gasteiger partial charge in [0.25, 0.3) is 5.91 Å². The van der Waals surface area contributed by atoms with Gasteiger partial charge in [-0.05, 0) is 30.2 Å². The van der Waals surface area contributed by atoms with Gasteiger partial charge < -0.3 is 15.2 Å². The normalized spacial score (nSPS) is 11.8. The third-order valence-corrected chi connectivity index (χ3v) is 3.71. The molecule has 2 N–H and O–H groups in total. The standard InChI is InChI=1S/C17H17Cl2NO3/c18-13-6-7-16(14(19)10-13)23-11-17(22)20-9-8-15(21)12-4-2-1-3-5-12/h1-7,10,15,21H,8-9,11H2,(H,20,22). The highest BCUT2D eigenvalue weighted by Crippen LogP contribution is 2.27. The number of hydrogen-bond donors (Lipinski definition) is 2. The van der Waals surface area contributed by atoms with Crippen LogP contribution in [0.4, 0.5) is 0 Å². The minimum Gasteiger partial charge on any atom is -0.482 e. The van der Waals surface area contributed by atoms with Gasteiger partial charge >= 0.3 is 0 Å². The van der Waals surface area contributed by atoms with Crippen LogP contribution in [0.5, 0.6) is 5.75 Å². The monoisotopic (exact) mass is 353 g/mol. The van der Waals surface area contributed by atoms with Crippen LogP contribution in [-0.4, -0.2) is 24.2 Å². The lowest BCUT2D eigenvalue weighted by molar-refractivity contribution is -0.123. The van der Waals surface area contributed by atoms with Crippen molar-refractivity contribution in [3.05, 3.63) is 64.1 Å². The summed E-state index contributed by atoms with van der Waals surface area (Å²) < 4.78 is 5.33. The van der Waals surface area contributed by atoms with Crippen molar-refractivity contribution >= 4 is 29.1 Å². The molecule has 0 spiro atoms. The van der Waals surface area contributed by atoms with Crippen molar-refractivity contribution < 1.29 is 14.6 Å². The predicted molar refractivity (Wildman–Crippen MR) is 91.0 cm³/mol. The number of hydrogen-bond acceptors (Lipinski definition) is 3. The summed E-state index contributed by atoms with van der Waals surface area (Å²) in [6.45, 7) is 0.204. The number of ether oxygens (including phenoxy) is 1. The van der Waals surface area contributed by atoms with Crippen LogP contribution in [-0.2, 0) is 4.79 Å². The highest BCUT2D eigenvalue weighted by Gasteiger charge is 2.09. The Morgan fingerprint density at radius 3 is 2.61 bits per heavy atom. The second-order valence-corrected chi connectivity index (χ2v) is 5.77. The Hall–Kier alpha value is -1.75. The third kappa shape index (κ3) is 5.75. The van der Waals surface area contributed by atoms with Crippen LogP contribution in [0.2, 0.25) is 10.0 Å². The maximum absolute atomic E-state index is 11.7. The lowest BCUT2D eigenvalue weighted by atomic mass is 10.1. The van der Waals surface area contributed by atoms with E-state index in [1.54, 1.807) is 18.2 Å². The topological polar surface area (TPSA) is 58.6 Å². The van der Waals surface area contributed by atoms with Crippen LogP contribution < -0.4 is 10.1 Å². The van der Waals surface area contributed by atoms with Crippen molar-refractivity contribution in [1.82, 2.24) is 5.32 Å². The van der Waals surface area contributed by atoms with E-state index in [-0.39, 0.29) is 12.5 Å². The quantitative estimate of drug-likeness (QED) is 0.799. The molecule has 0 aromatic heterocycles. The predicted octanol–water partition coefficient (Wildman–Crippen LogP) is 3.61. The maximum atomic E-state index is 11.7. The molecule has 0 heterocycles. The number of rotatable bonds is 7. The highest BCUT2D eigenvalue weighted by molar-refractivity contribution is 6.35. The molecule has 6 heteroatoms. The molecule has 4 nitrogen and oxygen atoms in total. The van der Waals surface area contributed by atoms with Crippen LogP contribution in [0.3, 0.4) is 0 Å². The van der Waals surface area contributed by atoms with Crippen molar-refractivity contribution in [2.45, 2.75) is 12.5 Å². The van der Waals surface area contributed by atoms with E-state index >= 15 is 0 Å². The van der Waals surface area contributed by atoms with Crippen LogP contribution in [0, 0.1) is 0 Å². The van der Waals surface area contributed by atoms with E-state index in [1.165, 1.54) is 0 Å². The number of aliphatic hydroxyl groups is 1. The molecule has 122 valence electrons. The minimum absolute atomic E-state index is 0.150. The first-order valence-corrected chi connectivity index (χ1v) is 7.89. The lowest BCUT2D eigenvalue weighted by Crippen LogP contribution is -2.30. The van der Waals surface area contributed by atoms with Gasteiger partial charge in [0.15, 0.2) is 6.61 Å². The first-order chi connectivity index (χ1) is 11.1. The second-order valence-electron chi connectivity index (χ2n) is 4.93. The Morgan fingerprint density at radius 1 is 1.17 bits per heavy atom. The third-order valence-electron chi connectivity index (χ3n) is 3.18. The number of aliphatic hydroxyl groups excluding tert-OH is 1. The summed E-state index contributed by atoms with van der Waals surface area (Å²) in [7, 11) is 0. The fourth-order valence-electron chi connectivity index (χ4n) is 1.98. The van der Waals surface area contributed by atoms with E-state index in [1.807, 2.05) is 30.3 Å². The molecular formula is C17H17Cl2NO3. The summed E-state index contributed by atoms with van der Waals surface area (Å²) in [6, 6.07) is 14.1. The first kappa shape index (κ1) is 17.6. The molecule has 0 saturated heterocycles. The van der Waals surface area contributed by atoms with E-state index < -0.39 is 6.10 Å². The molecule has 0 aliphatic carbocycles. The first-order valence-electron chi connectivity index (χ1n) is 7.14. The molecule has 1 atom stereocenters. The zero-order valence-corrected chi connectivity index (χ0v) is 13.8. The average molecular weight is 354 g/mol. The molecular weight excluding hydrogens is 337 g/mol. The molecule has 2 aromatic carbocycles. The van der Waals surface area contributed by atoms with Gasteiger partial charge in [0.2, 0.25) is 0 Å². The van der Waals surface area contributed by atoms with E-state index in [9.17, 15) is 9.90 Å². The van der Waals surface area contributed by atoms with Crippen molar-refractivity contribution in [2.75, 3.05) is 13.2 Å². The van der Waals surface area contributed by atoms with Gasteiger partial charge in [-0.1, -0.05) is 53.5 Å². The molecule has 0 fully saturated rings. The molecule has 0 bridgehead atoms. The van der Waals surface area contributed by atoms with Gasteiger partial charge in [0.1, 0.15) is 5.75 Å². The van der Waals surface area contributed by atoms with E-state index in [4.69, 9.17) is 27.9 Å². The molecule has 2 aromatic rings. The zero-order chi connectivity index (χ0) is 16.7. The van der Waals surface area contributed by atoms with Crippen molar-refractivity contribution in [3.8, 4) is 5.75 Å². The maximum Gasteiger partial charge on any atom is 0.257 e. The Balaban J connectivity index is 1.71. The van der Waals surface area contributed by atoms with Gasteiger partial charge in [-0.15, -0.1) is 0 Å². The summed E-state index contributed by atoms with van der Waals surface area (Å²) in [5.74, 6) is 0.117. The van der Waals surface area contributed by atoms with Crippen LogP contribution in [0.15, 0.2) is 48.5 Å². The summed E-state index contributed by atoms with van der Waals surface area (Å²) in [4.78, 5) is 11.7. The van der Waals surface area contributed by atoms with Crippen molar-refractivity contribution in [1.29, 1.82) is 0 Å². The summed E-state index contributed by atoms with van der Waals surface area (Å²) in [5, 5.41) is 13.5. The largest absolute Gasteiger partial charge is 0.482 e.